The zero-order valence-electron chi connectivity index (χ0n) is 13.8. The summed E-state index contributed by atoms with van der Waals surface area (Å²) in [6.07, 6.45) is 0. The number of esters is 2. The van der Waals surface area contributed by atoms with Crippen LogP contribution in [-0.2, 0) is 9.47 Å². The maximum atomic E-state index is 12.4. The molecular formula is C18H11Cl4NO4. The van der Waals surface area contributed by atoms with E-state index in [0.29, 0.717) is 16.1 Å². The van der Waals surface area contributed by atoms with Gasteiger partial charge in [-0.05, 0) is 35.9 Å². The van der Waals surface area contributed by atoms with Crippen molar-refractivity contribution >= 4 is 58.3 Å². The number of nitriles is 1. The highest BCUT2D eigenvalue weighted by molar-refractivity contribution is 6.67. The number of alkyl halides is 3. The molecule has 27 heavy (non-hydrogen) atoms. The first-order valence-corrected chi connectivity index (χ1v) is 8.83. The van der Waals surface area contributed by atoms with Crippen molar-refractivity contribution < 1.29 is 19.1 Å². The van der Waals surface area contributed by atoms with Crippen LogP contribution in [0.5, 0.6) is 0 Å². The minimum atomic E-state index is -1.76. The summed E-state index contributed by atoms with van der Waals surface area (Å²) in [6, 6.07) is 10.8. The smallest absolute Gasteiger partial charge is 0.338 e. The SMILES string of the molecule is COC(=O)c1ccc(-c2cc(Cl)ccc2C(=O)OCC(Cl)(Cl)Cl)c(C#N)c1. The van der Waals surface area contributed by atoms with Crippen LogP contribution in [0.4, 0.5) is 0 Å². The standard InChI is InChI=1S/C18H11Cl4NO4/c1-26-16(24)10-2-4-13(11(6-10)8-23)15-7-12(19)3-5-14(15)17(25)27-9-18(20,21)22/h2-7H,9H2,1H3. The van der Waals surface area contributed by atoms with Gasteiger partial charge in [-0.15, -0.1) is 0 Å². The fourth-order valence-electron chi connectivity index (χ4n) is 2.26. The van der Waals surface area contributed by atoms with Gasteiger partial charge in [0.15, 0.2) is 0 Å². The highest BCUT2D eigenvalue weighted by Gasteiger charge is 2.24. The van der Waals surface area contributed by atoms with E-state index in [4.69, 9.17) is 51.1 Å². The van der Waals surface area contributed by atoms with Crippen LogP contribution in [0, 0.1) is 11.3 Å². The average molecular weight is 447 g/mol. The van der Waals surface area contributed by atoms with Crippen LogP contribution in [-0.4, -0.2) is 29.4 Å². The Labute approximate surface area is 175 Å². The summed E-state index contributed by atoms with van der Waals surface area (Å²) >= 11 is 22.9. The second-order valence-electron chi connectivity index (χ2n) is 5.24. The van der Waals surface area contributed by atoms with Gasteiger partial charge in [-0.2, -0.15) is 5.26 Å². The number of nitrogens with zero attached hydrogens (tertiary/aromatic N) is 1. The second kappa shape index (κ2) is 8.81. The first-order valence-electron chi connectivity index (χ1n) is 7.32. The van der Waals surface area contributed by atoms with E-state index in [1.54, 1.807) is 0 Å². The lowest BCUT2D eigenvalue weighted by atomic mass is 9.94. The average Bonchev–Trinajstić information content (AvgIpc) is 2.64. The molecule has 0 aliphatic rings. The summed E-state index contributed by atoms with van der Waals surface area (Å²) in [5.74, 6) is -1.35. The van der Waals surface area contributed by atoms with Crippen molar-refractivity contribution in [2.24, 2.45) is 0 Å². The van der Waals surface area contributed by atoms with Crippen molar-refractivity contribution in [3.63, 3.8) is 0 Å². The minimum Gasteiger partial charge on any atom is -0.465 e. The molecule has 0 radical (unpaired) electrons. The van der Waals surface area contributed by atoms with Gasteiger partial charge < -0.3 is 9.47 Å². The molecule has 0 aliphatic heterocycles. The lowest BCUT2D eigenvalue weighted by Gasteiger charge is -2.14. The highest BCUT2D eigenvalue weighted by Crippen LogP contribution is 2.32. The molecule has 0 fully saturated rings. The molecule has 9 heteroatoms. The maximum Gasteiger partial charge on any atom is 0.338 e. The molecule has 0 N–H and O–H groups in total. The third-order valence-electron chi connectivity index (χ3n) is 3.42. The Hall–Kier alpha value is -1.97. The van der Waals surface area contributed by atoms with Crippen LogP contribution < -0.4 is 0 Å². The summed E-state index contributed by atoms with van der Waals surface area (Å²) in [7, 11) is 1.23. The summed E-state index contributed by atoms with van der Waals surface area (Å²) in [5.41, 5.74) is 1.19. The van der Waals surface area contributed by atoms with Gasteiger partial charge >= 0.3 is 11.9 Å². The van der Waals surface area contributed by atoms with E-state index in [9.17, 15) is 14.9 Å². The molecule has 2 aromatic rings. The number of carbonyl (C=O) groups excluding carboxylic acids is 2. The number of hydrogen-bond acceptors (Lipinski definition) is 5. The molecule has 0 saturated carbocycles. The third-order valence-corrected chi connectivity index (χ3v) is 3.98. The molecule has 2 aromatic carbocycles. The molecular weight excluding hydrogens is 436 g/mol. The lowest BCUT2D eigenvalue weighted by molar-refractivity contribution is 0.0512. The van der Waals surface area contributed by atoms with Crippen molar-refractivity contribution in [2.75, 3.05) is 13.7 Å². The van der Waals surface area contributed by atoms with Gasteiger partial charge in [-0.1, -0.05) is 52.5 Å². The first-order chi connectivity index (χ1) is 12.7. The monoisotopic (exact) mass is 445 g/mol. The number of halogens is 4. The van der Waals surface area contributed by atoms with Gasteiger partial charge in [-0.3, -0.25) is 0 Å². The third kappa shape index (κ3) is 5.50. The molecule has 0 saturated heterocycles. The molecule has 0 unspecified atom stereocenters. The van der Waals surface area contributed by atoms with Gasteiger partial charge in [0.05, 0.1) is 29.9 Å². The van der Waals surface area contributed by atoms with E-state index in [1.165, 1.54) is 43.5 Å². The van der Waals surface area contributed by atoms with Crippen LogP contribution in [0.25, 0.3) is 11.1 Å². The van der Waals surface area contributed by atoms with E-state index in [1.807, 2.05) is 6.07 Å². The molecule has 0 heterocycles. The molecule has 0 atom stereocenters. The summed E-state index contributed by atoms with van der Waals surface area (Å²) in [4.78, 5) is 24.1. The summed E-state index contributed by atoms with van der Waals surface area (Å²) in [6.45, 7) is -0.453. The van der Waals surface area contributed by atoms with Crippen molar-refractivity contribution in [2.45, 2.75) is 3.79 Å². The fraction of sp³-hybridized carbons (Fsp3) is 0.167. The Morgan fingerprint density at radius 1 is 1.07 bits per heavy atom. The van der Waals surface area contributed by atoms with Gasteiger partial charge in [0, 0.05) is 10.6 Å². The van der Waals surface area contributed by atoms with Crippen molar-refractivity contribution in [1.29, 1.82) is 5.26 Å². The van der Waals surface area contributed by atoms with Crippen molar-refractivity contribution in [1.82, 2.24) is 0 Å². The van der Waals surface area contributed by atoms with E-state index in [0.717, 1.165) is 0 Å². The largest absolute Gasteiger partial charge is 0.465 e. The number of methoxy groups -OCH3 is 1. The zero-order valence-corrected chi connectivity index (χ0v) is 16.8. The Kier molecular flexibility index (Phi) is 6.96. The molecule has 0 spiro atoms. The van der Waals surface area contributed by atoms with Gasteiger partial charge in [-0.25, -0.2) is 9.59 Å². The first kappa shape index (κ1) is 21.3. The Bertz CT molecular complexity index is 932. The Morgan fingerprint density at radius 3 is 2.37 bits per heavy atom. The van der Waals surface area contributed by atoms with Crippen LogP contribution in [0.3, 0.4) is 0 Å². The second-order valence-corrected chi connectivity index (χ2v) is 8.20. The Morgan fingerprint density at radius 2 is 1.78 bits per heavy atom. The van der Waals surface area contributed by atoms with Crippen LogP contribution in [0.1, 0.15) is 26.3 Å². The van der Waals surface area contributed by atoms with Gasteiger partial charge in [0.25, 0.3) is 0 Å². The fourth-order valence-corrected chi connectivity index (χ4v) is 2.59. The minimum absolute atomic E-state index is 0.121. The van der Waals surface area contributed by atoms with Crippen molar-refractivity contribution in [3.05, 3.63) is 58.1 Å². The molecule has 2 rings (SSSR count). The number of rotatable bonds is 4. The van der Waals surface area contributed by atoms with Crippen molar-refractivity contribution in [3.8, 4) is 17.2 Å². The maximum absolute atomic E-state index is 12.4. The predicted octanol–water partition coefficient (Wildman–Crippen LogP) is 5.19. The molecule has 0 aromatic heterocycles. The van der Waals surface area contributed by atoms with Crippen LogP contribution in [0.15, 0.2) is 36.4 Å². The van der Waals surface area contributed by atoms with E-state index < -0.39 is 22.3 Å². The number of carbonyl (C=O) groups is 2. The summed E-state index contributed by atoms with van der Waals surface area (Å²) in [5, 5.41) is 9.80. The quantitative estimate of drug-likeness (QED) is 0.476. The zero-order chi connectivity index (χ0) is 20.2. The molecule has 0 aliphatic carbocycles. The number of benzene rings is 2. The highest BCUT2D eigenvalue weighted by atomic mass is 35.6. The van der Waals surface area contributed by atoms with E-state index in [2.05, 4.69) is 4.74 Å². The van der Waals surface area contributed by atoms with Gasteiger partial charge in [0.1, 0.15) is 6.61 Å². The number of hydrogen-bond donors (Lipinski definition) is 0. The normalized spacial score (nSPS) is 10.8. The molecule has 140 valence electrons. The van der Waals surface area contributed by atoms with Gasteiger partial charge in [0.2, 0.25) is 3.79 Å². The van der Waals surface area contributed by atoms with E-state index >= 15 is 0 Å². The molecule has 0 bridgehead atoms. The van der Waals surface area contributed by atoms with Crippen LogP contribution in [0.2, 0.25) is 5.02 Å². The topological polar surface area (TPSA) is 76.4 Å². The Balaban J connectivity index is 2.52. The lowest BCUT2D eigenvalue weighted by Crippen LogP contribution is -2.18. The molecule has 0 amide bonds. The predicted molar refractivity (Wildman–Crippen MR) is 104 cm³/mol. The number of ether oxygens (including phenoxy) is 2. The molecule has 5 nitrogen and oxygen atoms in total. The van der Waals surface area contributed by atoms with E-state index in [-0.39, 0.29) is 16.7 Å². The summed E-state index contributed by atoms with van der Waals surface area (Å²) < 4.78 is 7.90. The van der Waals surface area contributed by atoms with Crippen LogP contribution >= 0.6 is 46.4 Å².